The number of pyridine rings is 1. The molecule has 4 rings (SSSR count). The number of hydrogen-bond acceptors (Lipinski definition) is 4. The highest BCUT2D eigenvalue weighted by Crippen LogP contribution is 2.35. The molecule has 3 aromatic rings. The highest BCUT2D eigenvalue weighted by Gasteiger charge is 2.32. The van der Waals surface area contributed by atoms with Crippen LogP contribution in [0.1, 0.15) is 32.3 Å². The van der Waals surface area contributed by atoms with Crippen LogP contribution in [-0.4, -0.2) is 31.4 Å². The average molecular weight is 381 g/mol. The van der Waals surface area contributed by atoms with Crippen LogP contribution >= 0.6 is 0 Å². The zero-order valence-electron chi connectivity index (χ0n) is 15.7. The molecule has 2 heterocycles. The summed E-state index contributed by atoms with van der Waals surface area (Å²) in [5.74, 6) is 0. The predicted octanol–water partition coefficient (Wildman–Crippen LogP) is 4.40. The van der Waals surface area contributed by atoms with Crippen LogP contribution < -0.4 is 0 Å². The van der Waals surface area contributed by atoms with Gasteiger partial charge in [0.05, 0.1) is 15.3 Å². The summed E-state index contributed by atoms with van der Waals surface area (Å²) in [6.45, 7) is 6.63. The zero-order chi connectivity index (χ0) is 19.1. The maximum absolute atomic E-state index is 12.9. The van der Waals surface area contributed by atoms with Crippen molar-refractivity contribution in [2.75, 3.05) is 13.1 Å². The number of likely N-dealkylation sites (tertiary alicyclic amines) is 1. The minimum Gasteiger partial charge on any atom is -0.294 e. The highest BCUT2D eigenvalue weighted by molar-refractivity contribution is 7.91. The van der Waals surface area contributed by atoms with Crippen molar-refractivity contribution in [2.24, 2.45) is 0 Å². The van der Waals surface area contributed by atoms with Crippen LogP contribution in [0.15, 0.2) is 70.6 Å². The molecular weight excluding hydrogens is 356 g/mol. The maximum Gasteiger partial charge on any atom is 0.208 e. The molecule has 1 fully saturated rings. The fourth-order valence-electron chi connectivity index (χ4n) is 3.96. The Kier molecular flexibility index (Phi) is 4.52. The van der Waals surface area contributed by atoms with Gasteiger partial charge in [0.1, 0.15) is 0 Å². The lowest BCUT2D eigenvalue weighted by Gasteiger charge is -2.36. The number of benzene rings is 2. The SMILES string of the molecule is CC(C)(c1cccc2cc(S(=O)(=O)c3ccccc3)cnc12)N1CCCC1. The lowest BCUT2D eigenvalue weighted by Crippen LogP contribution is -2.39. The normalized spacial score (nSPS) is 16.1. The summed E-state index contributed by atoms with van der Waals surface area (Å²) in [6.07, 6.45) is 3.94. The van der Waals surface area contributed by atoms with Gasteiger partial charge in [-0.3, -0.25) is 9.88 Å². The first-order chi connectivity index (χ1) is 12.9. The van der Waals surface area contributed by atoms with E-state index in [0.29, 0.717) is 4.90 Å². The van der Waals surface area contributed by atoms with Crippen LogP contribution in [0.3, 0.4) is 0 Å². The zero-order valence-corrected chi connectivity index (χ0v) is 16.5. The molecule has 2 aromatic carbocycles. The Morgan fingerprint density at radius 3 is 2.33 bits per heavy atom. The molecule has 0 unspecified atom stereocenters. The van der Waals surface area contributed by atoms with Crippen molar-refractivity contribution in [3.63, 3.8) is 0 Å². The van der Waals surface area contributed by atoms with Gasteiger partial charge in [-0.2, -0.15) is 0 Å². The summed E-state index contributed by atoms with van der Waals surface area (Å²) >= 11 is 0. The summed E-state index contributed by atoms with van der Waals surface area (Å²) < 4.78 is 25.8. The molecule has 4 nitrogen and oxygen atoms in total. The van der Waals surface area contributed by atoms with E-state index in [2.05, 4.69) is 29.8 Å². The monoisotopic (exact) mass is 380 g/mol. The molecule has 5 heteroatoms. The first-order valence-electron chi connectivity index (χ1n) is 9.35. The van der Waals surface area contributed by atoms with Gasteiger partial charge in [0.2, 0.25) is 9.84 Å². The van der Waals surface area contributed by atoms with Crippen molar-refractivity contribution in [2.45, 2.75) is 42.0 Å². The Balaban J connectivity index is 1.81. The number of nitrogens with zero attached hydrogens (tertiary/aromatic N) is 2. The van der Waals surface area contributed by atoms with Crippen LogP contribution in [0.25, 0.3) is 10.9 Å². The van der Waals surface area contributed by atoms with Crippen molar-refractivity contribution in [1.82, 2.24) is 9.88 Å². The Morgan fingerprint density at radius 2 is 1.63 bits per heavy atom. The number of aromatic nitrogens is 1. The molecule has 1 aliphatic heterocycles. The number of para-hydroxylation sites is 1. The third-order valence-electron chi connectivity index (χ3n) is 5.61. The molecule has 1 aromatic heterocycles. The third kappa shape index (κ3) is 3.15. The van der Waals surface area contributed by atoms with Crippen LogP contribution in [0.4, 0.5) is 0 Å². The fourth-order valence-corrected chi connectivity index (χ4v) is 5.22. The second-order valence-electron chi connectivity index (χ2n) is 7.62. The number of hydrogen-bond donors (Lipinski definition) is 0. The number of fused-ring (bicyclic) bond motifs is 1. The van der Waals surface area contributed by atoms with Crippen molar-refractivity contribution in [1.29, 1.82) is 0 Å². The Bertz CT molecular complexity index is 1070. The molecule has 0 N–H and O–H groups in total. The maximum atomic E-state index is 12.9. The molecule has 27 heavy (non-hydrogen) atoms. The predicted molar refractivity (Wildman–Crippen MR) is 107 cm³/mol. The summed E-state index contributed by atoms with van der Waals surface area (Å²) in [7, 11) is -3.57. The summed E-state index contributed by atoms with van der Waals surface area (Å²) in [5, 5.41) is 0.858. The lowest BCUT2D eigenvalue weighted by atomic mass is 9.90. The van der Waals surface area contributed by atoms with Gasteiger partial charge in [-0.1, -0.05) is 36.4 Å². The lowest BCUT2D eigenvalue weighted by molar-refractivity contribution is 0.157. The van der Waals surface area contributed by atoms with Crippen LogP contribution in [0, 0.1) is 0 Å². The van der Waals surface area contributed by atoms with Gasteiger partial charge in [0.25, 0.3) is 0 Å². The van der Waals surface area contributed by atoms with Crippen LogP contribution in [0.5, 0.6) is 0 Å². The van der Waals surface area contributed by atoms with Gasteiger partial charge in [-0.25, -0.2) is 8.42 Å². The van der Waals surface area contributed by atoms with E-state index >= 15 is 0 Å². The third-order valence-corrected chi connectivity index (χ3v) is 7.34. The molecule has 1 saturated heterocycles. The van der Waals surface area contributed by atoms with Crippen molar-refractivity contribution in [3.05, 3.63) is 66.4 Å². The minimum atomic E-state index is -3.57. The molecule has 0 saturated carbocycles. The van der Waals surface area contributed by atoms with Gasteiger partial charge in [0, 0.05) is 17.1 Å². The topological polar surface area (TPSA) is 50.3 Å². The van der Waals surface area contributed by atoms with E-state index in [-0.39, 0.29) is 10.4 Å². The second kappa shape index (κ2) is 6.73. The molecule has 0 atom stereocenters. The van der Waals surface area contributed by atoms with Crippen LogP contribution in [-0.2, 0) is 15.4 Å². The number of rotatable bonds is 4. The molecule has 0 amide bonds. The van der Waals surface area contributed by atoms with Gasteiger partial charge in [-0.05, 0) is 63.5 Å². The first kappa shape index (κ1) is 18.1. The molecular formula is C22H24N2O2S. The molecule has 0 aliphatic carbocycles. The van der Waals surface area contributed by atoms with E-state index in [1.54, 1.807) is 30.3 Å². The van der Waals surface area contributed by atoms with E-state index in [1.165, 1.54) is 19.0 Å². The molecule has 1 aliphatic rings. The van der Waals surface area contributed by atoms with Crippen molar-refractivity contribution in [3.8, 4) is 0 Å². The summed E-state index contributed by atoms with van der Waals surface area (Å²) in [5.41, 5.74) is 1.88. The van der Waals surface area contributed by atoms with E-state index in [9.17, 15) is 8.42 Å². The van der Waals surface area contributed by atoms with Gasteiger partial charge in [-0.15, -0.1) is 0 Å². The quantitative estimate of drug-likeness (QED) is 0.673. The van der Waals surface area contributed by atoms with Crippen molar-refractivity contribution >= 4 is 20.7 Å². The second-order valence-corrected chi connectivity index (χ2v) is 9.57. The van der Waals surface area contributed by atoms with Crippen molar-refractivity contribution < 1.29 is 8.42 Å². The Morgan fingerprint density at radius 1 is 0.926 bits per heavy atom. The average Bonchev–Trinajstić information content (AvgIpc) is 3.23. The van der Waals surface area contributed by atoms with Crippen LogP contribution in [0.2, 0.25) is 0 Å². The van der Waals surface area contributed by atoms with E-state index in [1.807, 2.05) is 18.2 Å². The minimum absolute atomic E-state index is 0.136. The van der Waals surface area contributed by atoms with E-state index in [4.69, 9.17) is 0 Å². The van der Waals surface area contributed by atoms with Gasteiger partial charge in [0.15, 0.2) is 0 Å². The van der Waals surface area contributed by atoms with Gasteiger partial charge < -0.3 is 0 Å². The van der Waals surface area contributed by atoms with E-state index < -0.39 is 9.84 Å². The Labute approximate surface area is 160 Å². The smallest absolute Gasteiger partial charge is 0.208 e. The first-order valence-corrected chi connectivity index (χ1v) is 10.8. The highest BCUT2D eigenvalue weighted by atomic mass is 32.2. The van der Waals surface area contributed by atoms with E-state index in [0.717, 1.165) is 29.6 Å². The summed E-state index contributed by atoms with van der Waals surface area (Å²) in [4.78, 5) is 7.61. The molecule has 0 radical (unpaired) electrons. The summed E-state index contributed by atoms with van der Waals surface area (Å²) in [6, 6.07) is 16.3. The Hall–Kier alpha value is -2.24. The number of sulfone groups is 1. The molecule has 0 bridgehead atoms. The van der Waals surface area contributed by atoms with Gasteiger partial charge >= 0.3 is 0 Å². The molecule has 0 spiro atoms. The largest absolute Gasteiger partial charge is 0.294 e. The fraction of sp³-hybridized carbons (Fsp3) is 0.318. The molecule has 140 valence electrons. The standard InChI is InChI=1S/C22H24N2O2S/c1-22(2,24-13-6-7-14-24)20-12-8-9-17-15-19(16-23-21(17)20)27(25,26)18-10-4-3-5-11-18/h3-5,8-12,15-16H,6-7,13-14H2,1-2H3.